The topological polar surface area (TPSA) is 43.8 Å². The van der Waals surface area contributed by atoms with E-state index < -0.39 is 29.0 Å². The standard InChI is InChI=1S/C20H21F3N2O2S/c1-24(2)11-12-25-15-5-3-4-6-16(15)28-18(17(26)19(25)27)13-7-9-14(10-8-13)20(21,22)23/h3-10,17-18,26H,11-12H2,1-2H3/t17-,18+/m0/s1. The number of aliphatic hydroxyl groups is 1. The first-order valence-electron chi connectivity index (χ1n) is 8.75. The summed E-state index contributed by atoms with van der Waals surface area (Å²) in [7, 11) is 3.79. The number of fused-ring (bicyclic) bond motifs is 1. The summed E-state index contributed by atoms with van der Waals surface area (Å²) in [6.45, 7) is 1.02. The van der Waals surface area contributed by atoms with Crippen LogP contribution in [0.4, 0.5) is 18.9 Å². The number of rotatable bonds is 4. The fourth-order valence-corrected chi connectivity index (χ4v) is 4.30. The summed E-state index contributed by atoms with van der Waals surface area (Å²) >= 11 is 1.29. The zero-order valence-corrected chi connectivity index (χ0v) is 16.3. The fourth-order valence-electron chi connectivity index (χ4n) is 3.03. The number of hydrogen-bond donors (Lipinski definition) is 1. The van der Waals surface area contributed by atoms with Crippen molar-refractivity contribution in [1.82, 2.24) is 4.90 Å². The number of benzene rings is 2. The van der Waals surface area contributed by atoms with Crippen molar-refractivity contribution in [2.75, 3.05) is 32.1 Å². The number of carbonyl (C=O) groups excluding carboxylic acids is 1. The van der Waals surface area contributed by atoms with Crippen LogP contribution in [0.2, 0.25) is 0 Å². The number of likely N-dealkylation sites (N-methyl/N-ethyl adjacent to an activating group) is 1. The Balaban J connectivity index is 1.96. The van der Waals surface area contributed by atoms with Gasteiger partial charge in [-0.3, -0.25) is 4.79 Å². The Kier molecular flexibility index (Phi) is 6.02. The summed E-state index contributed by atoms with van der Waals surface area (Å²) in [6.07, 6.45) is -5.80. The number of aliphatic hydroxyl groups excluding tert-OH is 1. The predicted octanol–water partition coefficient (Wildman–Crippen LogP) is 3.81. The lowest BCUT2D eigenvalue weighted by molar-refractivity contribution is -0.137. The molecule has 1 heterocycles. The molecule has 0 aromatic heterocycles. The van der Waals surface area contributed by atoms with E-state index in [1.54, 1.807) is 4.90 Å². The molecule has 8 heteroatoms. The number of hydrogen-bond acceptors (Lipinski definition) is 4. The van der Waals surface area contributed by atoms with Crippen molar-refractivity contribution < 1.29 is 23.1 Å². The maximum atomic E-state index is 13.0. The molecule has 0 unspecified atom stereocenters. The van der Waals surface area contributed by atoms with Gasteiger partial charge in [-0.2, -0.15) is 13.2 Å². The molecule has 2 aromatic carbocycles. The molecule has 2 atom stereocenters. The van der Waals surface area contributed by atoms with E-state index in [1.807, 2.05) is 43.3 Å². The Morgan fingerprint density at radius 3 is 2.36 bits per heavy atom. The highest BCUT2D eigenvalue weighted by atomic mass is 32.2. The normalized spacial score (nSPS) is 20.2. The van der Waals surface area contributed by atoms with Gasteiger partial charge in [0.15, 0.2) is 0 Å². The maximum absolute atomic E-state index is 13.0. The van der Waals surface area contributed by atoms with Gasteiger partial charge in [0.2, 0.25) is 0 Å². The van der Waals surface area contributed by atoms with Crippen molar-refractivity contribution in [1.29, 1.82) is 0 Å². The second kappa shape index (κ2) is 8.14. The van der Waals surface area contributed by atoms with Crippen LogP contribution < -0.4 is 4.90 Å². The first-order valence-corrected chi connectivity index (χ1v) is 9.63. The summed E-state index contributed by atoms with van der Waals surface area (Å²) in [5.41, 5.74) is 0.416. The first-order chi connectivity index (χ1) is 13.2. The van der Waals surface area contributed by atoms with Crippen LogP contribution in [0.25, 0.3) is 0 Å². The van der Waals surface area contributed by atoms with Gasteiger partial charge in [0.05, 0.1) is 16.5 Å². The number of anilines is 1. The van der Waals surface area contributed by atoms with E-state index in [0.29, 0.717) is 24.3 Å². The molecule has 0 saturated heterocycles. The second-order valence-corrected chi connectivity index (χ2v) is 8.05. The second-order valence-electron chi connectivity index (χ2n) is 6.86. The van der Waals surface area contributed by atoms with E-state index in [2.05, 4.69) is 0 Å². The molecule has 28 heavy (non-hydrogen) atoms. The lowest BCUT2D eigenvalue weighted by atomic mass is 10.0. The molecule has 3 rings (SSSR count). The van der Waals surface area contributed by atoms with E-state index in [9.17, 15) is 23.1 Å². The summed E-state index contributed by atoms with van der Waals surface area (Å²) in [6, 6.07) is 11.9. The molecule has 4 nitrogen and oxygen atoms in total. The molecular weight excluding hydrogens is 389 g/mol. The van der Waals surface area contributed by atoms with Crippen LogP contribution in [0.5, 0.6) is 0 Å². The molecule has 2 aromatic rings. The number of thioether (sulfide) groups is 1. The molecule has 0 fully saturated rings. The number of alkyl halides is 3. The highest BCUT2D eigenvalue weighted by Gasteiger charge is 2.37. The third-order valence-corrected chi connectivity index (χ3v) is 5.94. The minimum atomic E-state index is -4.43. The third kappa shape index (κ3) is 4.34. The number of para-hydroxylation sites is 1. The third-order valence-electron chi connectivity index (χ3n) is 4.55. The lowest BCUT2D eigenvalue weighted by Gasteiger charge is -2.26. The zero-order chi connectivity index (χ0) is 20.5. The average Bonchev–Trinajstić information content (AvgIpc) is 2.75. The van der Waals surface area contributed by atoms with Gasteiger partial charge >= 0.3 is 6.18 Å². The molecule has 1 amide bonds. The number of amides is 1. The van der Waals surface area contributed by atoms with E-state index in [1.165, 1.54) is 23.9 Å². The van der Waals surface area contributed by atoms with Crippen LogP contribution in [0.1, 0.15) is 16.4 Å². The molecule has 150 valence electrons. The quantitative estimate of drug-likeness (QED) is 0.833. The summed E-state index contributed by atoms with van der Waals surface area (Å²) in [5, 5.41) is 10.1. The van der Waals surface area contributed by atoms with Gasteiger partial charge in [0, 0.05) is 18.0 Å². The fraction of sp³-hybridized carbons (Fsp3) is 0.350. The zero-order valence-electron chi connectivity index (χ0n) is 15.5. The molecule has 0 radical (unpaired) electrons. The number of carbonyl (C=O) groups is 1. The highest BCUT2D eigenvalue weighted by Crippen LogP contribution is 2.46. The van der Waals surface area contributed by atoms with E-state index in [0.717, 1.165) is 17.0 Å². The van der Waals surface area contributed by atoms with Gasteiger partial charge < -0.3 is 14.9 Å². The largest absolute Gasteiger partial charge is 0.416 e. The molecule has 0 saturated carbocycles. The number of halogens is 3. The van der Waals surface area contributed by atoms with Crippen molar-refractivity contribution in [3.05, 3.63) is 59.7 Å². The van der Waals surface area contributed by atoms with Gasteiger partial charge in [-0.25, -0.2) is 0 Å². The van der Waals surface area contributed by atoms with Crippen LogP contribution in [-0.2, 0) is 11.0 Å². The van der Waals surface area contributed by atoms with Crippen LogP contribution in [0, 0.1) is 0 Å². The molecule has 0 aliphatic carbocycles. The van der Waals surface area contributed by atoms with Crippen LogP contribution >= 0.6 is 11.8 Å². The van der Waals surface area contributed by atoms with E-state index in [-0.39, 0.29) is 0 Å². The highest BCUT2D eigenvalue weighted by molar-refractivity contribution is 7.99. The van der Waals surface area contributed by atoms with E-state index in [4.69, 9.17) is 0 Å². The summed E-state index contributed by atoms with van der Waals surface area (Å²) < 4.78 is 38.5. The molecule has 0 spiro atoms. The Labute approximate surface area is 165 Å². The Hall–Kier alpha value is -2.03. The minimum Gasteiger partial charge on any atom is -0.382 e. The van der Waals surface area contributed by atoms with Crippen molar-refractivity contribution in [2.24, 2.45) is 0 Å². The Morgan fingerprint density at radius 1 is 1.11 bits per heavy atom. The monoisotopic (exact) mass is 410 g/mol. The minimum absolute atomic E-state index is 0.403. The molecular formula is C20H21F3N2O2S. The van der Waals surface area contributed by atoms with Crippen molar-refractivity contribution in [2.45, 2.75) is 22.4 Å². The van der Waals surface area contributed by atoms with Gasteiger partial charge in [-0.15, -0.1) is 11.8 Å². The van der Waals surface area contributed by atoms with Gasteiger partial charge in [0.25, 0.3) is 5.91 Å². The van der Waals surface area contributed by atoms with Crippen LogP contribution in [0.3, 0.4) is 0 Å². The maximum Gasteiger partial charge on any atom is 0.416 e. The SMILES string of the molecule is CN(C)CCN1C(=O)[C@@H](O)[C@@H](c2ccc(C(F)(F)F)cc2)Sc2ccccc21. The van der Waals surface area contributed by atoms with Crippen LogP contribution in [0.15, 0.2) is 53.4 Å². The van der Waals surface area contributed by atoms with Gasteiger partial charge in [-0.05, 0) is 43.9 Å². The summed E-state index contributed by atoms with van der Waals surface area (Å²) in [4.78, 5) is 17.3. The molecule has 0 bridgehead atoms. The first kappa shape index (κ1) is 20.7. The van der Waals surface area contributed by atoms with Crippen molar-refractivity contribution in [3.63, 3.8) is 0 Å². The predicted molar refractivity (Wildman–Crippen MR) is 103 cm³/mol. The van der Waals surface area contributed by atoms with Crippen molar-refractivity contribution >= 4 is 23.4 Å². The van der Waals surface area contributed by atoms with Gasteiger partial charge in [-0.1, -0.05) is 24.3 Å². The van der Waals surface area contributed by atoms with Crippen molar-refractivity contribution in [3.8, 4) is 0 Å². The summed E-state index contributed by atoms with van der Waals surface area (Å²) in [5.74, 6) is -0.454. The Bertz CT molecular complexity index is 840. The van der Waals surface area contributed by atoms with Gasteiger partial charge in [0.1, 0.15) is 6.10 Å². The smallest absolute Gasteiger partial charge is 0.382 e. The van der Waals surface area contributed by atoms with Crippen LogP contribution in [-0.4, -0.2) is 49.2 Å². The molecule has 1 N–H and O–H groups in total. The number of nitrogens with zero attached hydrogens (tertiary/aromatic N) is 2. The molecule has 1 aliphatic heterocycles. The Morgan fingerprint density at radius 2 is 1.75 bits per heavy atom. The average molecular weight is 410 g/mol. The lowest BCUT2D eigenvalue weighted by Crippen LogP contribution is -2.43. The molecule has 1 aliphatic rings. The van der Waals surface area contributed by atoms with E-state index >= 15 is 0 Å².